The average Bonchev–Trinajstić information content (AvgIpc) is 2.30. The minimum absolute atomic E-state index is 0.178. The third-order valence-corrected chi connectivity index (χ3v) is 2.55. The fourth-order valence-electron chi connectivity index (χ4n) is 1.51. The number of benzene rings is 1. The van der Waals surface area contributed by atoms with Crippen molar-refractivity contribution in [2.45, 2.75) is 19.8 Å². The normalized spacial score (nSPS) is 11.9. The van der Waals surface area contributed by atoms with E-state index >= 15 is 0 Å². The van der Waals surface area contributed by atoms with Gasteiger partial charge in [0.1, 0.15) is 5.82 Å². The molecule has 1 unspecified atom stereocenters. The Balaban J connectivity index is 2.31. The second-order valence-corrected chi connectivity index (χ2v) is 4.17. The molecule has 0 spiro atoms. The Morgan fingerprint density at radius 1 is 1.33 bits per heavy atom. The molecule has 0 saturated carbocycles. The molecule has 1 aromatic rings. The lowest BCUT2D eigenvalue weighted by molar-refractivity contribution is -0.140. The zero-order chi connectivity index (χ0) is 13.5. The minimum Gasteiger partial charge on any atom is -0.481 e. The summed E-state index contributed by atoms with van der Waals surface area (Å²) in [7, 11) is 0. The molecule has 0 bridgehead atoms. The van der Waals surface area contributed by atoms with Gasteiger partial charge >= 0.3 is 5.97 Å². The van der Waals surface area contributed by atoms with Crippen molar-refractivity contribution in [2.75, 3.05) is 6.54 Å². The monoisotopic (exact) mass is 253 g/mol. The number of rotatable bonds is 6. The number of halogens is 1. The van der Waals surface area contributed by atoms with Crippen molar-refractivity contribution < 1.29 is 19.1 Å². The van der Waals surface area contributed by atoms with Gasteiger partial charge < -0.3 is 10.4 Å². The van der Waals surface area contributed by atoms with Crippen LogP contribution >= 0.6 is 0 Å². The second kappa shape index (κ2) is 6.74. The number of amides is 1. The van der Waals surface area contributed by atoms with Crippen molar-refractivity contribution in [2.24, 2.45) is 5.92 Å². The molecular formula is C13H16FNO3. The summed E-state index contributed by atoms with van der Waals surface area (Å²) < 4.78 is 12.6. The fraction of sp³-hybridized carbons (Fsp3) is 0.385. The van der Waals surface area contributed by atoms with E-state index in [2.05, 4.69) is 5.32 Å². The van der Waals surface area contributed by atoms with Gasteiger partial charge in [0.15, 0.2) is 0 Å². The van der Waals surface area contributed by atoms with E-state index in [1.54, 1.807) is 19.1 Å². The Kier molecular flexibility index (Phi) is 5.30. The number of carbonyl (C=O) groups is 2. The Labute approximate surface area is 105 Å². The first-order valence-electron chi connectivity index (χ1n) is 5.73. The van der Waals surface area contributed by atoms with Crippen LogP contribution in [0, 0.1) is 11.7 Å². The third kappa shape index (κ3) is 4.95. The van der Waals surface area contributed by atoms with E-state index in [0.717, 1.165) is 5.56 Å². The van der Waals surface area contributed by atoms with Crippen molar-refractivity contribution in [3.05, 3.63) is 35.6 Å². The van der Waals surface area contributed by atoms with Crippen LogP contribution in [0.3, 0.4) is 0 Å². The minimum atomic E-state index is -0.990. The first-order chi connectivity index (χ1) is 8.49. The molecule has 0 aliphatic heterocycles. The maximum atomic E-state index is 12.6. The summed E-state index contributed by atoms with van der Waals surface area (Å²) in [6, 6.07) is 6.04. The van der Waals surface area contributed by atoms with Gasteiger partial charge in [-0.05, 0) is 24.1 Å². The Morgan fingerprint density at radius 3 is 2.50 bits per heavy atom. The molecule has 0 heterocycles. The van der Waals surface area contributed by atoms with Gasteiger partial charge in [0.25, 0.3) is 0 Å². The van der Waals surface area contributed by atoms with Crippen molar-refractivity contribution in [3.63, 3.8) is 0 Å². The van der Waals surface area contributed by atoms with E-state index < -0.39 is 11.9 Å². The van der Waals surface area contributed by atoms with Gasteiger partial charge in [-0.1, -0.05) is 19.1 Å². The highest BCUT2D eigenvalue weighted by molar-refractivity contribution is 5.82. The van der Waals surface area contributed by atoms with Crippen LogP contribution in [-0.4, -0.2) is 23.5 Å². The maximum absolute atomic E-state index is 12.6. The predicted molar refractivity (Wildman–Crippen MR) is 64.5 cm³/mol. The first-order valence-corrected chi connectivity index (χ1v) is 5.73. The number of hydrogen-bond acceptors (Lipinski definition) is 2. The van der Waals surface area contributed by atoms with Gasteiger partial charge in [0.2, 0.25) is 5.91 Å². The van der Waals surface area contributed by atoms with E-state index in [1.165, 1.54) is 12.1 Å². The topological polar surface area (TPSA) is 66.4 Å². The van der Waals surface area contributed by atoms with Crippen LogP contribution in [0.25, 0.3) is 0 Å². The molecule has 0 aromatic heterocycles. The number of hydrogen-bond donors (Lipinski definition) is 2. The highest BCUT2D eigenvalue weighted by Crippen LogP contribution is 2.04. The summed E-state index contributed by atoms with van der Waals surface area (Å²) >= 11 is 0. The van der Waals surface area contributed by atoms with Gasteiger partial charge in [-0.3, -0.25) is 9.59 Å². The Hall–Kier alpha value is -1.91. The first kappa shape index (κ1) is 14.2. The van der Waals surface area contributed by atoms with Crippen LogP contribution in [0.15, 0.2) is 24.3 Å². The van der Waals surface area contributed by atoms with Gasteiger partial charge in [-0.15, -0.1) is 0 Å². The van der Waals surface area contributed by atoms with Gasteiger partial charge in [-0.25, -0.2) is 4.39 Å². The maximum Gasteiger partial charge on any atom is 0.304 e. The second-order valence-electron chi connectivity index (χ2n) is 4.17. The summed E-state index contributed by atoms with van der Waals surface area (Å²) in [6.45, 7) is 1.98. The number of carboxylic acid groups (broad SMARTS) is 1. The fourth-order valence-corrected chi connectivity index (χ4v) is 1.51. The van der Waals surface area contributed by atoms with E-state index in [1.807, 2.05) is 0 Å². The summed E-state index contributed by atoms with van der Waals surface area (Å²) in [5.41, 5.74) is 0.919. The molecule has 0 aliphatic carbocycles. The van der Waals surface area contributed by atoms with Crippen LogP contribution in [0.5, 0.6) is 0 Å². The van der Waals surface area contributed by atoms with E-state index in [0.29, 0.717) is 13.0 Å². The van der Waals surface area contributed by atoms with Crippen LogP contribution in [0.4, 0.5) is 4.39 Å². The van der Waals surface area contributed by atoms with Crippen LogP contribution < -0.4 is 5.32 Å². The molecule has 0 radical (unpaired) electrons. The SMILES string of the molecule is CC(CC(=O)O)C(=O)NCCc1ccc(F)cc1. The molecule has 2 N–H and O–H groups in total. The van der Waals surface area contributed by atoms with Crippen LogP contribution in [-0.2, 0) is 16.0 Å². The van der Waals surface area contributed by atoms with Crippen molar-refractivity contribution >= 4 is 11.9 Å². The molecule has 1 rings (SSSR count). The molecule has 5 heteroatoms. The standard InChI is InChI=1S/C13H16FNO3/c1-9(8-12(16)17)13(18)15-7-6-10-2-4-11(14)5-3-10/h2-5,9H,6-8H2,1H3,(H,15,18)(H,16,17). The number of carbonyl (C=O) groups excluding carboxylic acids is 1. The molecule has 4 nitrogen and oxygen atoms in total. The zero-order valence-electron chi connectivity index (χ0n) is 10.1. The lowest BCUT2D eigenvalue weighted by Crippen LogP contribution is -2.32. The van der Waals surface area contributed by atoms with Crippen molar-refractivity contribution in [1.82, 2.24) is 5.32 Å². The molecule has 0 fully saturated rings. The van der Waals surface area contributed by atoms with Gasteiger partial charge in [0.05, 0.1) is 6.42 Å². The van der Waals surface area contributed by atoms with Crippen LogP contribution in [0.1, 0.15) is 18.9 Å². The molecule has 0 saturated heterocycles. The van der Waals surface area contributed by atoms with E-state index in [9.17, 15) is 14.0 Å². The summed E-state index contributed by atoms with van der Waals surface area (Å²) in [4.78, 5) is 21.9. The van der Waals surface area contributed by atoms with E-state index in [-0.39, 0.29) is 18.1 Å². The lowest BCUT2D eigenvalue weighted by Gasteiger charge is -2.09. The Bertz CT molecular complexity index is 417. The molecule has 98 valence electrons. The average molecular weight is 253 g/mol. The van der Waals surface area contributed by atoms with Gasteiger partial charge in [-0.2, -0.15) is 0 Å². The zero-order valence-corrected chi connectivity index (χ0v) is 10.1. The van der Waals surface area contributed by atoms with E-state index in [4.69, 9.17) is 5.11 Å². The molecule has 1 amide bonds. The summed E-state index contributed by atoms with van der Waals surface area (Å²) in [5.74, 6) is -2.11. The van der Waals surface area contributed by atoms with Gasteiger partial charge in [0, 0.05) is 12.5 Å². The predicted octanol–water partition coefficient (Wildman–Crippen LogP) is 1.60. The third-order valence-electron chi connectivity index (χ3n) is 2.55. The molecule has 1 aromatic carbocycles. The number of aliphatic carboxylic acids is 1. The molecule has 1 atom stereocenters. The molecular weight excluding hydrogens is 237 g/mol. The number of nitrogens with one attached hydrogen (secondary N) is 1. The summed E-state index contributed by atoms with van der Waals surface area (Å²) in [6.07, 6.45) is 0.411. The van der Waals surface area contributed by atoms with Crippen LogP contribution in [0.2, 0.25) is 0 Å². The highest BCUT2D eigenvalue weighted by atomic mass is 19.1. The molecule has 0 aliphatic rings. The highest BCUT2D eigenvalue weighted by Gasteiger charge is 2.15. The van der Waals surface area contributed by atoms with Crippen molar-refractivity contribution in [3.8, 4) is 0 Å². The smallest absolute Gasteiger partial charge is 0.304 e. The quantitative estimate of drug-likeness (QED) is 0.809. The van der Waals surface area contributed by atoms with Crippen molar-refractivity contribution in [1.29, 1.82) is 0 Å². The summed E-state index contributed by atoms with van der Waals surface area (Å²) in [5, 5.41) is 11.2. The largest absolute Gasteiger partial charge is 0.481 e. The number of carboxylic acids is 1. The Morgan fingerprint density at radius 2 is 1.94 bits per heavy atom. The lowest BCUT2D eigenvalue weighted by atomic mass is 10.1. The molecule has 18 heavy (non-hydrogen) atoms.